The molecule has 0 spiro atoms. The van der Waals surface area contributed by atoms with Crippen LogP contribution in [0.1, 0.15) is 32.1 Å². The van der Waals surface area contributed by atoms with Crippen LogP contribution >= 0.6 is 0 Å². The van der Waals surface area contributed by atoms with E-state index in [0.717, 1.165) is 36.3 Å². The van der Waals surface area contributed by atoms with Crippen LogP contribution in [0.15, 0.2) is 0 Å². The molecule has 0 unspecified atom stereocenters. The maximum atomic E-state index is 8.82. The standard InChI is InChI=1S/C12H21NO/c14-5-4-13-12-7-8-6-11(12)10-3-1-2-9(8)10/h8-14H,1-7H2/t8-,9-,10-,11+,12+/m1/s1. The molecule has 0 radical (unpaired) electrons. The number of hydrogen-bond acceptors (Lipinski definition) is 2. The highest BCUT2D eigenvalue weighted by atomic mass is 16.3. The third-order valence-electron chi connectivity index (χ3n) is 4.95. The molecule has 0 aromatic heterocycles. The van der Waals surface area contributed by atoms with Crippen molar-refractivity contribution >= 4 is 0 Å². The van der Waals surface area contributed by atoms with E-state index < -0.39 is 0 Å². The molecular formula is C12H21NO. The summed E-state index contributed by atoms with van der Waals surface area (Å²) in [5, 5.41) is 12.3. The van der Waals surface area contributed by atoms with Crippen molar-refractivity contribution in [3.8, 4) is 0 Å². The van der Waals surface area contributed by atoms with Crippen molar-refractivity contribution in [3.63, 3.8) is 0 Å². The monoisotopic (exact) mass is 195 g/mol. The molecule has 0 heterocycles. The molecule has 3 rings (SSSR count). The molecule has 0 saturated heterocycles. The molecule has 2 N–H and O–H groups in total. The van der Waals surface area contributed by atoms with E-state index in [1.165, 1.54) is 32.1 Å². The largest absolute Gasteiger partial charge is 0.395 e. The van der Waals surface area contributed by atoms with Gasteiger partial charge < -0.3 is 10.4 Å². The lowest BCUT2D eigenvalue weighted by Crippen LogP contribution is -2.40. The lowest BCUT2D eigenvalue weighted by atomic mass is 9.79. The summed E-state index contributed by atoms with van der Waals surface area (Å²) in [6.07, 6.45) is 7.36. The first-order valence-electron chi connectivity index (χ1n) is 6.24. The topological polar surface area (TPSA) is 32.3 Å². The number of rotatable bonds is 3. The second-order valence-corrected chi connectivity index (χ2v) is 5.44. The Kier molecular flexibility index (Phi) is 2.29. The highest BCUT2D eigenvalue weighted by Crippen LogP contribution is 2.58. The van der Waals surface area contributed by atoms with Crippen LogP contribution in [0.5, 0.6) is 0 Å². The van der Waals surface area contributed by atoms with Crippen LogP contribution in [-0.4, -0.2) is 24.3 Å². The maximum Gasteiger partial charge on any atom is 0.0556 e. The lowest BCUT2D eigenvalue weighted by Gasteiger charge is -2.32. The van der Waals surface area contributed by atoms with E-state index in [1.807, 2.05) is 0 Å². The molecule has 3 saturated carbocycles. The zero-order valence-corrected chi connectivity index (χ0v) is 8.78. The maximum absolute atomic E-state index is 8.82. The van der Waals surface area contributed by atoms with Gasteiger partial charge in [-0.1, -0.05) is 6.42 Å². The van der Waals surface area contributed by atoms with Crippen molar-refractivity contribution in [3.05, 3.63) is 0 Å². The molecular weight excluding hydrogens is 174 g/mol. The summed E-state index contributed by atoms with van der Waals surface area (Å²) >= 11 is 0. The van der Waals surface area contributed by atoms with Gasteiger partial charge in [0.2, 0.25) is 0 Å². The van der Waals surface area contributed by atoms with Crippen LogP contribution in [0.4, 0.5) is 0 Å². The van der Waals surface area contributed by atoms with Gasteiger partial charge in [-0.2, -0.15) is 0 Å². The first-order chi connectivity index (χ1) is 6.90. The van der Waals surface area contributed by atoms with Gasteiger partial charge in [0, 0.05) is 12.6 Å². The van der Waals surface area contributed by atoms with E-state index in [4.69, 9.17) is 5.11 Å². The Labute approximate surface area is 86.1 Å². The quantitative estimate of drug-likeness (QED) is 0.713. The minimum absolute atomic E-state index is 0.294. The lowest BCUT2D eigenvalue weighted by molar-refractivity contribution is 0.197. The summed E-state index contributed by atoms with van der Waals surface area (Å²) in [5.74, 6) is 4.12. The second kappa shape index (κ2) is 3.49. The highest BCUT2D eigenvalue weighted by molar-refractivity contribution is 5.05. The fourth-order valence-electron chi connectivity index (χ4n) is 4.55. The first kappa shape index (κ1) is 9.17. The van der Waals surface area contributed by atoms with Crippen molar-refractivity contribution < 1.29 is 5.11 Å². The van der Waals surface area contributed by atoms with Crippen LogP contribution in [0, 0.1) is 23.7 Å². The van der Waals surface area contributed by atoms with Gasteiger partial charge in [-0.3, -0.25) is 0 Å². The number of aliphatic hydroxyl groups excluding tert-OH is 1. The summed E-state index contributed by atoms with van der Waals surface area (Å²) in [6.45, 7) is 1.09. The summed E-state index contributed by atoms with van der Waals surface area (Å²) in [6, 6.07) is 0.742. The minimum Gasteiger partial charge on any atom is -0.395 e. The number of nitrogens with one attached hydrogen (secondary N) is 1. The van der Waals surface area contributed by atoms with Crippen molar-refractivity contribution in [2.45, 2.75) is 38.1 Å². The Morgan fingerprint density at radius 2 is 1.93 bits per heavy atom. The molecule has 5 atom stereocenters. The van der Waals surface area contributed by atoms with Gasteiger partial charge in [0.1, 0.15) is 0 Å². The molecule has 2 nitrogen and oxygen atoms in total. The van der Waals surface area contributed by atoms with Gasteiger partial charge >= 0.3 is 0 Å². The van der Waals surface area contributed by atoms with Crippen molar-refractivity contribution in [2.24, 2.45) is 23.7 Å². The molecule has 2 bridgehead atoms. The molecule has 0 aromatic rings. The predicted octanol–water partition coefficient (Wildman–Crippen LogP) is 1.39. The summed E-state index contributed by atoms with van der Waals surface area (Å²) in [4.78, 5) is 0. The SMILES string of the molecule is OCCN[C@H]1C[C@H]2C[C@H]1[C@@H]1CCC[C@H]21. The van der Waals surface area contributed by atoms with E-state index in [-0.39, 0.29) is 0 Å². The second-order valence-electron chi connectivity index (χ2n) is 5.44. The molecule has 0 amide bonds. The Morgan fingerprint density at radius 1 is 1.07 bits per heavy atom. The average Bonchev–Trinajstić information content (AvgIpc) is 2.85. The van der Waals surface area contributed by atoms with Crippen LogP contribution < -0.4 is 5.32 Å². The Balaban J connectivity index is 1.65. The number of aliphatic hydroxyl groups is 1. The molecule has 3 fully saturated rings. The third-order valence-corrected chi connectivity index (χ3v) is 4.95. The molecule has 2 heteroatoms. The summed E-state index contributed by atoms with van der Waals surface area (Å²) in [7, 11) is 0. The van der Waals surface area contributed by atoms with Gasteiger partial charge in [0.05, 0.1) is 6.61 Å². The highest BCUT2D eigenvalue weighted by Gasteiger charge is 2.53. The van der Waals surface area contributed by atoms with Gasteiger partial charge in [-0.15, -0.1) is 0 Å². The minimum atomic E-state index is 0.294. The number of fused-ring (bicyclic) bond motifs is 5. The normalized spacial score (nSPS) is 49.9. The Bertz CT molecular complexity index is 218. The van der Waals surface area contributed by atoms with E-state index in [2.05, 4.69) is 5.32 Å². The Hall–Kier alpha value is -0.0800. The fraction of sp³-hybridized carbons (Fsp3) is 1.00. The van der Waals surface area contributed by atoms with E-state index in [9.17, 15) is 0 Å². The zero-order chi connectivity index (χ0) is 9.54. The molecule has 80 valence electrons. The molecule has 0 aliphatic heterocycles. The van der Waals surface area contributed by atoms with Crippen molar-refractivity contribution in [1.29, 1.82) is 0 Å². The first-order valence-corrected chi connectivity index (χ1v) is 6.24. The predicted molar refractivity (Wildman–Crippen MR) is 55.9 cm³/mol. The van der Waals surface area contributed by atoms with E-state index in [1.54, 1.807) is 0 Å². The Morgan fingerprint density at radius 3 is 2.79 bits per heavy atom. The zero-order valence-electron chi connectivity index (χ0n) is 8.78. The third kappa shape index (κ3) is 1.24. The summed E-state index contributed by atoms with van der Waals surface area (Å²) < 4.78 is 0. The molecule has 3 aliphatic carbocycles. The summed E-state index contributed by atoms with van der Waals surface area (Å²) in [5.41, 5.74) is 0. The molecule has 0 aromatic carbocycles. The van der Waals surface area contributed by atoms with Crippen LogP contribution in [0.25, 0.3) is 0 Å². The van der Waals surface area contributed by atoms with Crippen LogP contribution in [0.3, 0.4) is 0 Å². The fourth-order valence-corrected chi connectivity index (χ4v) is 4.55. The van der Waals surface area contributed by atoms with Gasteiger partial charge in [-0.25, -0.2) is 0 Å². The smallest absolute Gasteiger partial charge is 0.0556 e. The van der Waals surface area contributed by atoms with E-state index in [0.29, 0.717) is 6.61 Å². The average molecular weight is 195 g/mol. The van der Waals surface area contributed by atoms with Crippen LogP contribution in [-0.2, 0) is 0 Å². The molecule has 14 heavy (non-hydrogen) atoms. The van der Waals surface area contributed by atoms with Crippen molar-refractivity contribution in [2.75, 3.05) is 13.2 Å². The van der Waals surface area contributed by atoms with Gasteiger partial charge in [-0.05, 0) is 49.4 Å². The van der Waals surface area contributed by atoms with Crippen LogP contribution in [0.2, 0.25) is 0 Å². The van der Waals surface area contributed by atoms with E-state index >= 15 is 0 Å². The van der Waals surface area contributed by atoms with Gasteiger partial charge in [0.25, 0.3) is 0 Å². The number of hydrogen-bond donors (Lipinski definition) is 2. The van der Waals surface area contributed by atoms with Crippen molar-refractivity contribution in [1.82, 2.24) is 5.32 Å². The molecule has 3 aliphatic rings. The van der Waals surface area contributed by atoms with Gasteiger partial charge in [0.15, 0.2) is 0 Å².